The molecule has 0 aromatic carbocycles. The lowest BCUT2D eigenvalue weighted by atomic mass is 10.4. The normalized spacial score (nSPS) is 20.8. The van der Waals surface area contributed by atoms with Crippen LogP contribution in [-0.2, 0) is 14.3 Å². The van der Waals surface area contributed by atoms with Gasteiger partial charge in [0.1, 0.15) is 6.26 Å². The SMILES string of the molecule is O=C(NCC1=COCO1)C1CC1. The van der Waals surface area contributed by atoms with Crippen LogP contribution in [0, 0.1) is 5.92 Å². The van der Waals surface area contributed by atoms with Crippen molar-refractivity contribution in [3.05, 3.63) is 12.0 Å². The van der Waals surface area contributed by atoms with Crippen LogP contribution in [0.15, 0.2) is 12.0 Å². The number of carbonyl (C=O) groups is 1. The highest BCUT2D eigenvalue weighted by Crippen LogP contribution is 2.28. The maximum absolute atomic E-state index is 11.1. The fourth-order valence-electron chi connectivity index (χ4n) is 1.03. The van der Waals surface area contributed by atoms with Crippen LogP contribution in [0.5, 0.6) is 0 Å². The minimum atomic E-state index is 0.131. The number of hydrogen-bond acceptors (Lipinski definition) is 3. The van der Waals surface area contributed by atoms with E-state index in [0.29, 0.717) is 12.3 Å². The Hall–Kier alpha value is -1.19. The molecule has 1 amide bonds. The van der Waals surface area contributed by atoms with E-state index in [9.17, 15) is 4.79 Å². The lowest BCUT2D eigenvalue weighted by molar-refractivity contribution is -0.122. The molecule has 66 valence electrons. The molecule has 0 aromatic heterocycles. The van der Waals surface area contributed by atoms with Crippen molar-refractivity contribution in [2.45, 2.75) is 12.8 Å². The van der Waals surface area contributed by atoms with Gasteiger partial charge in [-0.1, -0.05) is 0 Å². The third-order valence-corrected chi connectivity index (χ3v) is 1.91. The van der Waals surface area contributed by atoms with E-state index in [2.05, 4.69) is 5.32 Å². The molecule has 1 saturated carbocycles. The summed E-state index contributed by atoms with van der Waals surface area (Å²) in [5, 5.41) is 2.77. The molecule has 2 rings (SSSR count). The molecule has 4 nitrogen and oxygen atoms in total. The van der Waals surface area contributed by atoms with E-state index in [1.54, 1.807) is 0 Å². The number of rotatable bonds is 3. The first-order valence-electron chi connectivity index (χ1n) is 4.07. The topological polar surface area (TPSA) is 47.6 Å². The zero-order valence-electron chi connectivity index (χ0n) is 6.71. The van der Waals surface area contributed by atoms with E-state index in [-0.39, 0.29) is 18.6 Å². The van der Waals surface area contributed by atoms with Gasteiger partial charge in [-0.25, -0.2) is 0 Å². The summed E-state index contributed by atoms with van der Waals surface area (Å²) in [5.41, 5.74) is 0. The zero-order chi connectivity index (χ0) is 8.39. The monoisotopic (exact) mass is 169 g/mol. The third-order valence-electron chi connectivity index (χ3n) is 1.91. The lowest BCUT2D eigenvalue weighted by Crippen LogP contribution is -2.26. The van der Waals surface area contributed by atoms with Gasteiger partial charge in [-0.15, -0.1) is 0 Å². The molecule has 1 aliphatic carbocycles. The predicted octanol–water partition coefficient (Wildman–Crippen LogP) is 0.358. The summed E-state index contributed by atoms with van der Waals surface area (Å²) in [7, 11) is 0. The van der Waals surface area contributed by atoms with Gasteiger partial charge >= 0.3 is 0 Å². The van der Waals surface area contributed by atoms with E-state index < -0.39 is 0 Å². The summed E-state index contributed by atoms with van der Waals surface area (Å²) in [6, 6.07) is 0. The second-order valence-corrected chi connectivity index (χ2v) is 3.01. The molecule has 1 heterocycles. The van der Waals surface area contributed by atoms with Crippen LogP contribution in [0.25, 0.3) is 0 Å². The number of nitrogens with one attached hydrogen (secondary N) is 1. The summed E-state index contributed by atoms with van der Waals surface area (Å²) in [4.78, 5) is 11.1. The van der Waals surface area contributed by atoms with Crippen molar-refractivity contribution in [1.82, 2.24) is 5.32 Å². The number of carbonyl (C=O) groups excluding carboxylic acids is 1. The molecule has 4 heteroatoms. The highest BCUT2D eigenvalue weighted by Gasteiger charge is 2.29. The van der Waals surface area contributed by atoms with Crippen molar-refractivity contribution >= 4 is 5.91 Å². The van der Waals surface area contributed by atoms with Gasteiger partial charge < -0.3 is 14.8 Å². The van der Waals surface area contributed by atoms with Crippen LogP contribution in [0.2, 0.25) is 0 Å². The number of hydrogen-bond donors (Lipinski definition) is 1. The molecule has 0 spiro atoms. The van der Waals surface area contributed by atoms with E-state index in [4.69, 9.17) is 9.47 Å². The van der Waals surface area contributed by atoms with Crippen LogP contribution in [0.1, 0.15) is 12.8 Å². The molecule has 0 radical (unpaired) electrons. The van der Waals surface area contributed by atoms with E-state index in [1.165, 1.54) is 6.26 Å². The second-order valence-electron chi connectivity index (χ2n) is 3.01. The van der Waals surface area contributed by atoms with Crippen LogP contribution >= 0.6 is 0 Å². The van der Waals surface area contributed by atoms with Gasteiger partial charge in [-0.05, 0) is 12.8 Å². The predicted molar refractivity (Wildman–Crippen MR) is 40.9 cm³/mol. The molecule has 0 unspecified atom stereocenters. The van der Waals surface area contributed by atoms with Gasteiger partial charge in [-0.3, -0.25) is 4.79 Å². The Morgan fingerprint density at radius 3 is 3.08 bits per heavy atom. The Labute approximate surface area is 70.5 Å². The van der Waals surface area contributed by atoms with Crippen molar-refractivity contribution in [3.63, 3.8) is 0 Å². The lowest BCUT2D eigenvalue weighted by Gasteiger charge is -2.02. The highest BCUT2D eigenvalue weighted by molar-refractivity contribution is 5.80. The first-order chi connectivity index (χ1) is 5.86. The number of ether oxygens (including phenoxy) is 2. The molecule has 1 aliphatic heterocycles. The molecule has 1 N–H and O–H groups in total. The molecule has 0 atom stereocenters. The highest BCUT2D eigenvalue weighted by atomic mass is 16.7. The largest absolute Gasteiger partial charge is 0.462 e. The van der Waals surface area contributed by atoms with Gasteiger partial charge in [0.15, 0.2) is 5.76 Å². The van der Waals surface area contributed by atoms with Crippen molar-refractivity contribution in [2.75, 3.05) is 13.3 Å². The minimum absolute atomic E-state index is 0.131. The zero-order valence-corrected chi connectivity index (χ0v) is 6.71. The molecule has 0 aromatic rings. The van der Waals surface area contributed by atoms with Crippen LogP contribution in [-0.4, -0.2) is 19.2 Å². The molecular weight excluding hydrogens is 158 g/mol. The Kier molecular flexibility index (Phi) is 1.89. The maximum Gasteiger partial charge on any atom is 0.229 e. The fourth-order valence-corrected chi connectivity index (χ4v) is 1.03. The molecule has 0 saturated heterocycles. The Balaban J connectivity index is 1.70. The average molecular weight is 169 g/mol. The van der Waals surface area contributed by atoms with Crippen molar-refractivity contribution in [1.29, 1.82) is 0 Å². The van der Waals surface area contributed by atoms with Gasteiger partial charge in [0, 0.05) is 5.92 Å². The standard InChI is InChI=1S/C8H11NO3/c10-8(6-1-2-6)9-3-7-4-11-5-12-7/h4,6H,1-3,5H2,(H,9,10). The molecule has 2 aliphatic rings. The Morgan fingerprint density at radius 1 is 1.67 bits per heavy atom. The van der Waals surface area contributed by atoms with Crippen molar-refractivity contribution in [3.8, 4) is 0 Å². The van der Waals surface area contributed by atoms with Crippen LogP contribution < -0.4 is 5.32 Å². The summed E-state index contributed by atoms with van der Waals surface area (Å²) in [6.07, 6.45) is 3.59. The maximum atomic E-state index is 11.1. The summed E-state index contributed by atoms with van der Waals surface area (Å²) in [5.74, 6) is 1.09. The fraction of sp³-hybridized carbons (Fsp3) is 0.625. The van der Waals surface area contributed by atoms with Gasteiger partial charge in [0.05, 0.1) is 6.54 Å². The summed E-state index contributed by atoms with van der Waals surface area (Å²) < 4.78 is 9.86. The molecule has 12 heavy (non-hydrogen) atoms. The van der Waals surface area contributed by atoms with Crippen molar-refractivity contribution < 1.29 is 14.3 Å². The van der Waals surface area contributed by atoms with Gasteiger partial charge in [0.2, 0.25) is 12.7 Å². The second kappa shape index (κ2) is 3.05. The average Bonchev–Trinajstić information content (AvgIpc) is 2.80. The van der Waals surface area contributed by atoms with Crippen LogP contribution in [0.4, 0.5) is 0 Å². The van der Waals surface area contributed by atoms with E-state index >= 15 is 0 Å². The minimum Gasteiger partial charge on any atom is -0.462 e. The van der Waals surface area contributed by atoms with Crippen molar-refractivity contribution in [2.24, 2.45) is 5.92 Å². The van der Waals surface area contributed by atoms with Crippen LogP contribution in [0.3, 0.4) is 0 Å². The summed E-state index contributed by atoms with van der Waals surface area (Å²) in [6.45, 7) is 0.726. The Morgan fingerprint density at radius 2 is 2.50 bits per heavy atom. The quantitative estimate of drug-likeness (QED) is 0.663. The molecular formula is C8H11NO3. The third kappa shape index (κ3) is 1.69. The van der Waals surface area contributed by atoms with Gasteiger partial charge in [-0.2, -0.15) is 0 Å². The number of amides is 1. The smallest absolute Gasteiger partial charge is 0.229 e. The van der Waals surface area contributed by atoms with E-state index in [1.807, 2.05) is 0 Å². The Bertz CT molecular complexity index is 220. The first-order valence-corrected chi connectivity index (χ1v) is 4.07. The summed E-state index contributed by atoms with van der Waals surface area (Å²) >= 11 is 0. The first kappa shape index (κ1) is 7.46. The van der Waals surface area contributed by atoms with Gasteiger partial charge in [0.25, 0.3) is 0 Å². The molecule has 1 fully saturated rings. The van der Waals surface area contributed by atoms with E-state index in [0.717, 1.165) is 12.8 Å². The molecule has 0 bridgehead atoms.